The molecule has 60 heavy (non-hydrogen) atoms. The Balaban J connectivity index is 0.00000150. The molecule has 0 spiro atoms. The van der Waals surface area contributed by atoms with Crippen molar-refractivity contribution in [1.29, 1.82) is 0 Å². The first-order valence-electron chi connectivity index (χ1n) is 20.9. The van der Waals surface area contributed by atoms with E-state index in [1.165, 1.54) is 50.6 Å². The van der Waals surface area contributed by atoms with Gasteiger partial charge in [-0.1, -0.05) is 192 Å². The van der Waals surface area contributed by atoms with Crippen LogP contribution in [-0.4, -0.2) is 19.5 Å². The van der Waals surface area contributed by atoms with Crippen LogP contribution in [0, 0.1) is 0 Å². The van der Waals surface area contributed by atoms with Crippen molar-refractivity contribution in [2.24, 2.45) is 0 Å². The summed E-state index contributed by atoms with van der Waals surface area (Å²) < 4.78 is 2.42. The van der Waals surface area contributed by atoms with E-state index in [1.54, 1.807) is 0 Å². The Kier molecular flexibility index (Phi) is 10.2. The van der Waals surface area contributed by atoms with Crippen LogP contribution in [-0.2, 0) is 5.41 Å². The van der Waals surface area contributed by atoms with E-state index in [0.29, 0.717) is 17.5 Å². The van der Waals surface area contributed by atoms with Gasteiger partial charge in [0.25, 0.3) is 0 Å². The van der Waals surface area contributed by atoms with Gasteiger partial charge in [0.05, 0.1) is 11.0 Å². The maximum absolute atomic E-state index is 5.08. The van der Waals surface area contributed by atoms with Gasteiger partial charge < -0.3 is 4.57 Å². The van der Waals surface area contributed by atoms with E-state index in [4.69, 9.17) is 15.0 Å². The lowest BCUT2D eigenvalue weighted by atomic mass is 9.81. The van der Waals surface area contributed by atoms with Crippen LogP contribution < -0.4 is 0 Å². The summed E-state index contributed by atoms with van der Waals surface area (Å²) in [6.45, 7) is 15.3. The topological polar surface area (TPSA) is 43.6 Å². The minimum atomic E-state index is -0.115. The molecule has 2 aromatic heterocycles. The fourth-order valence-electron chi connectivity index (χ4n) is 8.84. The molecular weight excluding hydrogens is 729 g/mol. The lowest BCUT2D eigenvalue weighted by Crippen LogP contribution is -2.14. The first kappa shape index (κ1) is 38.4. The summed E-state index contributed by atoms with van der Waals surface area (Å²) in [6.07, 6.45) is 7.51. The van der Waals surface area contributed by atoms with Gasteiger partial charge in [-0.05, 0) is 70.1 Å². The molecule has 2 heterocycles. The SMILES string of the molecule is C=Cc1c(/C=C\C)ccc2c1c1cccc(-c3ccc4c(c3)C(C)(C)c3ccccc3-4)c1n2-c1cccc(-c2nc(-c3ccccc3)nc(-c3ccccc3)n2)c1.CCC. The molecule has 292 valence electrons. The lowest BCUT2D eigenvalue weighted by molar-refractivity contribution is 0.660. The third-order valence-electron chi connectivity index (χ3n) is 11.5. The van der Waals surface area contributed by atoms with Gasteiger partial charge in [0.1, 0.15) is 0 Å². The molecule has 0 amide bonds. The lowest BCUT2D eigenvalue weighted by Gasteiger charge is -2.22. The monoisotopic (exact) mass is 776 g/mol. The number of hydrogen-bond acceptors (Lipinski definition) is 3. The summed E-state index contributed by atoms with van der Waals surface area (Å²) in [4.78, 5) is 15.1. The molecule has 0 atom stereocenters. The summed E-state index contributed by atoms with van der Waals surface area (Å²) in [7, 11) is 0. The van der Waals surface area contributed by atoms with E-state index in [9.17, 15) is 0 Å². The molecule has 1 aliphatic carbocycles. The highest BCUT2D eigenvalue weighted by atomic mass is 15.0. The maximum atomic E-state index is 5.08. The number of allylic oxidation sites excluding steroid dienone is 1. The van der Waals surface area contributed by atoms with Crippen molar-refractivity contribution in [2.45, 2.75) is 46.5 Å². The highest BCUT2D eigenvalue weighted by Crippen LogP contribution is 2.50. The average Bonchev–Trinajstić information content (AvgIpc) is 3.75. The van der Waals surface area contributed by atoms with E-state index in [0.717, 1.165) is 44.5 Å². The fourth-order valence-corrected chi connectivity index (χ4v) is 8.84. The molecular formula is C56H48N4. The average molecular weight is 777 g/mol. The van der Waals surface area contributed by atoms with Gasteiger partial charge in [0.2, 0.25) is 0 Å². The Bertz CT molecular complexity index is 3020. The second kappa shape index (κ2) is 15.9. The predicted molar refractivity (Wildman–Crippen MR) is 254 cm³/mol. The first-order valence-corrected chi connectivity index (χ1v) is 20.9. The van der Waals surface area contributed by atoms with Gasteiger partial charge in [-0.3, -0.25) is 0 Å². The zero-order valence-corrected chi connectivity index (χ0v) is 34.9. The van der Waals surface area contributed by atoms with Crippen molar-refractivity contribution in [3.8, 4) is 62.1 Å². The Labute approximate surface area is 353 Å². The van der Waals surface area contributed by atoms with E-state index in [-0.39, 0.29) is 5.41 Å². The maximum Gasteiger partial charge on any atom is 0.164 e. The largest absolute Gasteiger partial charge is 0.309 e. The third-order valence-corrected chi connectivity index (χ3v) is 11.5. The minimum absolute atomic E-state index is 0.115. The molecule has 0 saturated heterocycles. The predicted octanol–water partition coefficient (Wildman–Crippen LogP) is 15.0. The number of benzene rings is 7. The molecule has 0 saturated carbocycles. The van der Waals surface area contributed by atoms with E-state index >= 15 is 0 Å². The van der Waals surface area contributed by atoms with Crippen LogP contribution in [0.15, 0.2) is 170 Å². The van der Waals surface area contributed by atoms with Crippen LogP contribution in [0.1, 0.15) is 63.3 Å². The highest BCUT2D eigenvalue weighted by Gasteiger charge is 2.35. The molecule has 1 aliphatic rings. The van der Waals surface area contributed by atoms with Crippen LogP contribution in [0.2, 0.25) is 0 Å². The molecule has 10 rings (SSSR count). The van der Waals surface area contributed by atoms with Gasteiger partial charge >= 0.3 is 0 Å². The summed E-state index contributed by atoms with van der Waals surface area (Å²) in [5.74, 6) is 1.89. The van der Waals surface area contributed by atoms with Gasteiger partial charge in [-0.15, -0.1) is 0 Å². The van der Waals surface area contributed by atoms with E-state index in [2.05, 4.69) is 155 Å². The summed E-state index contributed by atoms with van der Waals surface area (Å²) in [5.41, 5.74) is 15.9. The van der Waals surface area contributed by atoms with Crippen LogP contribution in [0.4, 0.5) is 0 Å². The number of hydrogen-bond donors (Lipinski definition) is 0. The van der Waals surface area contributed by atoms with Crippen molar-refractivity contribution in [3.05, 3.63) is 193 Å². The zero-order chi connectivity index (χ0) is 41.4. The molecule has 0 fully saturated rings. The van der Waals surface area contributed by atoms with Gasteiger partial charge in [0.15, 0.2) is 17.5 Å². The van der Waals surface area contributed by atoms with Crippen LogP contribution in [0.25, 0.3) is 96.1 Å². The molecule has 0 radical (unpaired) electrons. The van der Waals surface area contributed by atoms with Crippen molar-refractivity contribution in [1.82, 2.24) is 19.5 Å². The second-order valence-corrected chi connectivity index (χ2v) is 15.9. The second-order valence-electron chi connectivity index (χ2n) is 15.9. The van der Waals surface area contributed by atoms with Gasteiger partial charge in [-0.2, -0.15) is 0 Å². The number of rotatable bonds is 7. The normalized spacial score (nSPS) is 12.6. The van der Waals surface area contributed by atoms with Gasteiger partial charge in [0, 0.05) is 44.1 Å². The quantitative estimate of drug-likeness (QED) is 0.162. The van der Waals surface area contributed by atoms with Crippen LogP contribution >= 0.6 is 0 Å². The van der Waals surface area contributed by atoms with Crippen LogP contribution in [0.3, 0.4) is 0 Å². The molecule has 7 aromatic carbocycles. The van der Waals surface area contributed by atoms with Crippen LogP contribution in [0.5, 0.6) is 0 Å². The smallest absolute Gasteiger partial charge is 0.164 e. The summed E-state index contributed by atoms with van der Waals surface area (Å²) in [6, 6.07) is 55.9. The zero-order valence-electron chi connectivity index (χ0n) is 34.9. The van der Waals surface area contributed by atoms with Crippen molar-refractivity contribution >= 4 is 34.0 Å². The Hall–Kier alpha value is -7.17. The van der Waals surface area contributed by atoms with Gasteiger partial charge in [-0.25, -0.2) is 15.0 Å². The number of aromatic nitrogens is 4. The standard InChI is InChI=1S/C53H40N4.C3H8/c1-5-17-34-29-31-47-48(40(34)6-2)44-26-16-25-41(37-28-30-43-42-24-13-14-27-45(42)53(3,4)46(43)33-37)49(44)57(47)39-23-15-22-38(32-39)52-55-50(35-18-9-7-10-19-35)54-51(56-52)36-20-11-8-12-21-36;1-3-2/h5-33H,2H2,1,3-4H3;3H2,1-2H3/b17-5-;. The third kappa shape index (κ3) is 6.55. The minimum Gasteiger partial charge on any atom is -0.309 e. The molecule has 9 aromatic rings. The summed E-state index contributed by atoms with van der Waals surface area (Å²) >= 11 is 0. The molecule has 4 nitrogen and oxygen atoms in total. The Morgan fingerprint density at radius 2 is 1.15 bits per heavy atom. The van der Waals surface area contributed by atoms with E-state index in [1.807, 2.05) is 66.7 Å². The van der Waals surface area contributed by atoms with Crippen molar-refractivity contribution in [3.63, 3.8) is 0 Å². The molecule has 0 bridgehead atoms. The molecule has 0 N–H and O–H groups in total. The number of para-hydroxylation sites is 1. The Morgan fingerprint density at radius 3 is 1.82 bits per heavy atom. The number of nitrogens with zero attached hydrogens (tertiary/aromatic N) is 4. The Morgan fingerprint density at radius 1 is 0.567 bits per heavy atom. The fraction of sp³-hybridized carbons (Fsp3) is 0.125. The van der Waals surface area contributed by atoms with Crippen molar-refractivity contribution in [2.75, 3.05) is 0 Å². The summed E-state index contributed by atoms with van der Waals surface area (Å²) in [5, 5.41) is 2.35. The van der Waals surface area contributed by atoms with Crippen molar-refractivity contribution < 1.29 is 0 Å². The highest BCUT2D eigenvalue weighted by molar-refractivity contribution is 6.17. The molecule has 0 aliphatic heterocycles. The molecule has 4 heteroatoms. The number of fused-ring (bicyclic) bond motifs is 6. The van der Waals surface area contributed by atoms with E-state index < -0.39 is 0 Å². The molecule has 0 unspecified atom stereocenters. The first-order chi connectivity index (χ1) is 29.4.